The Kier molecular flexibility index (Phi) is 13.3. The molecule has 2 aliphatic rings. The van der Waals surface area contributed by atoms with E-state index in [2.05, 4.69) is 284 Å². The van der Waals surface area contributed by atoms with E-state index < -0.39 is 0 Å². The largest absolute Gasteiger partial charge is 0.353 e. The number of nitrogens with one attached hydrogen (secondary N) is 1. The van der Waals surface area contributed by atoms with Crippen LogP contribution >= 0.6 is 34.3 Å². The highest BCUT2D eigenvalue weighted by atomic mass is 35.5. The number of hydrogen-bond acceptors (Lipinski definition) is 6. The number of hydrogen-bond donors (Lipinski definition) is 1. The van der Waals surface area contributed by atoms with Gasteiger partial charge < -0.3 is 4.98 Å². The van der Waals surface area contributed by atoms with Crippen molar-refractivity contribution in [3.05, 3.63) is 307 Å². The quantitative estimate of drug-likeness (QED) is 0.174. The number of thiophene rings is 2. The van der Waals surface area contributed by atoms with Crippen LogP contribution in [0.3, 0.4) is 0 Å². The van der Waals surface area contributed by atoms with E-state index >= 15 is 0 Å². The number of para-hydroxylation sites is 4. The average Bonchev–Trinajstić information content (AvgIpc) is 1.54. The number of H-pyrrole nitrogens is 1. The first kappa shape index (κ1) is 56.8. The number of nitrogens with zero attached hydrogens (tertiary/aromatic N) is 5. The van der Waals surface area contributed by atoms with Crippen molar-refractivity contribution in [3.63, 3.8) is 0 Å². The van der Waals surface area contributed by atoms with Gasteiger partial charge in [-0.3, -0.25) is 4.57 Å². The van der Waals surface area contributed by atoms with E-state index in [1.54, 1.807) is 0 Å². The zero-order valence-electron chi connectivity index (χ0n) is 52.5. The first-order valence-electron chi connectivity index (χ1n) is 32.2. The Hall–Kier alpha value is -10.9. The Labute approximate surface area is 562 Å². The predicted octanol–water partition coefficient (Wildman–Crippen LogP) is 24.0. The van der Waals surface area contributed by atoms with Gasteiger partial charge in [-0.15, -0.1) is 22.7 Å². The van der Waals surface area contributed by atoms with Gasteiger partial charge in [0.15, 0.2) is 0 Å². The van der Waals surface area contributed by atoms with Crippen molar-refractivity contribution in [3.8, 4) is 71.6 Å². The van der Waals surface area contributed by atoms with E-state index in [-0.39, 0.29) is 16.1 Å². The molecule has 6 heterocycles. The molecule has 6 nitrogen and oxygen atoms in total. The molecule has 6 aromatic heterocycles. The molecule has 452 valence electrons. The van der Waals surface area contributed by atoms with E-state index in [0.717, 1.165) is 49.8 Å². The normalized spacial score (nSPS) is 13.3. The second kappa shape index (κ2) is 22.1. The number of aromatic amines is 1. The first-order valence-corrected chi connectivity index (χ1v) is 34.2. The van der Waals surface area contributed by atoms with Gasteiger partial charge in [0.2, 0.25) is 11.2 Å². The summed E-state index contributed by atoms with van der Waals surface area (Å²) in [5, 5.41) is 10.1. The highest BCUT2D eigenvalue weighted by molar-refractivity contribution is 7.24. The minimum Gasteiger partial charge on any atom is -0.353 e. The smallest absolute Gasteiger partial charge is 0.235 e. The minimum atomic E-state index is -0.0762. The first-order chi connectivity index (χ1) is 46.5. The lowest BCUT2D eigenvalue weighted by Crippen LogP contribution is -2.14. The van der Waals surface area contributed by atoms with E-state index in [1.165, 1.54) is 124 Å². The fourth-order valence-corrected chi connectivity index (χ4v) is 18.4. The van der Waals surface area contributed by atoms with Crippen LogP contribution in [0.5, 0.6) is 0 Å². The van der Waals surface area contributed by atoms with E-state index in [4.69, 9.17) is 21.6 Å². The summed E-state index contributed by atoms with van der Waals surface area (Å²) in [5.74, 6) is 0.692. The lowest BCUT2D eigenvalue weighted by Gasteiger charge is -2.21. The maximum absolute atomic E-state index is 6.08. The molecule has 0 fully saturated rings. The van der Waals surface area contributed by atoms with Gasteiger partial charge in [0.05, 0.1) is 48.4 Å². The van der Waals surface area contributed by atoms with E-state index in [0.29, 0.717) is 5.95 Å². The predicted molar refractivity (Wildman–Crippen MR) is 402 cm³/mol. The Morgan fingerprint density at radius 1 is 0.347 bits per heavy atom. The maximum Gasteiger partial charge on any atom is 0.235 e. The van der Waals surface area contributed by atoms with Gasteiger partial charge in [-0.2, -0.15) is 0 Å². The minimum absolute atomic E-state index is 0.0594. The SMILES string of the molecule is CC1(C)c2ccccc2-c2sc3c(ccc4c5ccccc5[nH]c43)c21.CC1(C)c2ccccc2-c2sc3c(ccc4c5ccccc5n(-c5nc(-c6ccc(-c7ccccc7)cc6)c6ccccc6n5)c43)c21.Clc1nc(-c2ccc(-c3ccccc3)cc2)c2ccccc2n1. The summed E-state index contributed by atoms with van der Waals surface area (Å²) >= 11 is 9.94. The summed E-state index contributed by atoms with van der Waals surface area (Å²) in [5.41, 5.74) is 23.8. The Morgan fingerprint density at radius 2 is 0.779 bits per heavy atom. The lowest BCUT2D eigenvalue weighted by atomic mass is 9.81. The fraction of sp³-hybridized carbons (Fsp3) is 0.0698. The molecule has 18 aromatic rings. The van der Waals surface area contributed by atoms with Crippen molar-refractivity contribution in [2.24, 2.45) is 0 Å². The topological polar surface area (TPSA) is 72.3 Å². The second-order valence-electron chi connectivity index (χ2n) is 25.8. The van der Waals surface area contributed by atoms with Gasteiger partial charge in [-0.1, -0.05) is 282 Å². The standard InChI is InChI=1S/C43H29N3S.C23H17NS.C20H13ClN2/c1-43(2)34-17-9-6-15-31(34)40-37(43)33-25-24-30-29-14-8-11-19-36(29)46(39(30)41(33)47-40)42-44-35-18-10-7-16-32(35)38(45-42)28-22-20-27(21-23-28)26-12-4-3-5-13-26;1-23(2)17-9-5-3-8-15(17)21-19(23)16-12-11-14-13-7-4-6-10-18(13)24-20(14)22(16)25-21;21-20-22-18-9-5-4-8-17(18)19(23-20)16-12-10-15(11-13-16)14-6-2-1-3-7-14/h3-25H,1-2H3;3-12,24H,1-2H3;1-13H. The number of rotatable bonds is 5. The molecule has 0 saturated heterocycles. The number of benzene rings is 12. The summed E-state index contributed by atoms with van der Waals surface area (Å²) in [6, 6.07) is 98.6. The average molecular weight is 1280 g/mol. The molecule has 0 bridgehead atoms. The Balaban J connectivity index is 0.000000115. The third kappa shape index (κ3) is 9.11. The van der Waals surface area contributed by atoms with Crippen LogP contribution in [-0.4, -0.2) is 29.5 Å². The highest BCUT2D eigenvalue weighted by Crippen LogP contribution is 2.58. The zero-order chi connectivity index (χ0) is 63.7. The number of halogens is 1. The van der Waals surface area contributed by atoms with Crippen molar-refractivity contribution in [1.82, 2.24) is 29.5 Å². The molecular weight excluding hydrogens is 1220 g/mol. The third-order valence-electron chi connectivity index (χ3n) is 19.7. The molecule has 12 aromatic carbocycles. The van der Waals surface area contributed by atoms with Gasteiger partial charge in [-0.25, -0.2) is 19.9 Å². The zero-order valence-corrected chi connectivity index (χ0v) is 54.9. The summed E-state index contributed by atoms with van der Waals surface area (Å²) < 4.78 is 4.99. The van der Waals surface area contributed by atoms with Crippen LogP contribution in [0.15, 0.2) is 279 Å². The summed E-state index contributed by atoms with van der Waals surface area (Å²) in [6.45, 7) is 9.45. The van der Waals surface area contributed by atoms with Crippen molar-refractivity contribution in [1.29, 1.82) is 0 Å². The molecule has 9 heteroatoms. The molecule has 2 aliphatic carbocycles. The van der Waals surface area contributed by atoms with Crippen molar-refractivity contribution in [2.75, 3.05) is 0 Å². The molecule has 1 N–H and O–H groups in total. The van der Waals surface area contributed by atoms with Crippen molar-refractivity contribution >= 4 is 120 Å². The fourth-order valence-electron chi connectivity index (χ4n) is 15.2. The van der Waals surface area contributed by atoms with Crippen LogP contribution in [0.4, 0.5) is 0 Å². The Morgan fingerprint density at radius 3 is 1.38 bits per heavy atom. The molecule has 20 rings (SSSR count). The van der Waals surface area contributed by atoms with E-state index in [1.807, 2.05) is 65.1 Å². The summed E-state index contributed by atoms with van der Waals surface area (Å²) in [7, 11) is 0. The van der Waals surface area contributed by atoms with Gasteiger partial charge in [0.25, 0.3) is 0 Å². The van der Waals surface area contributed by atoms with Crippen LogP contribution in [0.1, 0.15) is 49.9 Å². The number of aromatic nitrogens is 6. The molecule has 95 heavy (non-hydrogen) atoms. The van der Waals surface area contributed by atoms with Gasteiger partial charge in [0.1, 0.15) is 0 Å². The molecule has 0 atom stereocenters. The van der Waals surface area contributed by atoms with Crippen LogP contribution in [0, 0.1) is 0 Å². The maximum atomic E-state index is 6.08. The Bertz CT molecular complexity index is 6100. The number of fused-ring (bicyclic) bond motifs is 20. The van der Waals surface area contributed by atoms with Crippen LogP contribution in [0.2, 0.25) is 5.28 Å². The lowest BCUT2D eigenvalue weighted by molar-refractivity contribution is 0.667. The molecule has 0 unspecified atom stereocenters. The molecule has 0 saturated carbocycles. The molecule has 0 spiro atoms. The van der Waals surface area contributed by atoms with E-state index in [9.17, 15) is 0 Å². The molecule has 0 radical (unpaired) electrons. The van der Waals surface area contributed by atoms with Crippen LogP contribution in [-0.2, 0) is 10.8 Å². The second-order valence-corrected chi connectivity index (χ2v) is 28.2. The summed E-state index contributed by atoms with van der Waals surface area (Å²) in [6.07, 6.45) is 0. The monoisotopic (exact) mass is 1270 g/mol. The van der Waals surface area contributed by atoms with Gasteiger partial charge in [-0.05, 0) is 102 Å². The molecular formula is C86H59ClN6S2. The van der Waals surface area contributed by atoms with Gasteiger partial charge in [0, 0.05) is 69.5 Å². The highest BCUT2D eigenvalue weighted by Gasteiger charge is 2.40. The third-order valence-corrected chi connectivity index (χ3v) is 22.3. The van der Waals surface area contributed by atoms with Crippen molar-refractivity contribution < 1.29 is 0 Å². The van der Waals surface area contributed by atoms with Gasteiger partial charge >= 0.3 is 0 Å². The summed E-state index contributed by atoms with van der Waals surface area (Å²) in [4.78, 5) is 25.9. The molecule has 0 aliphatic heterocycles. The van der Waals surface area contributed by atoms with Crippen LogP contribution in [0.25, 0.3) is 157 Å². The van der Waals surface area contributed by atoms with Crippen molar-refractivity contribution in [2.45, 2.75) is 38.5 Å². The van der Waals surface area contributed by atoms with Crippen LogP contribution < -0.4 is 0 Å². The molecule has 0 amide bonds.